The van der Waals surface area contributed by atoms with E-state index in [4.69, 9.17) is 15.7 Å². The predicted molar refractivity (Wildman–Crippen MR) is 70.5 cm³/mol. The molecule has 6 heteroatoms. The number of carbonyl (C=O) groups is 1. The Morgan fingerprint density at radius 3 is 2.50 bits per heavy atom. The van der Waals surface area contributed by atoms with Crippen LogP contribution in [0.25, 0.3) is 0 Å². The quantitative estimate of drug-likeness (QED) is 0.295. The highest BCUT2D eigenvalue weighted by Crippen LogP contribution is 2.09. The van der Waals surface area contributed by atoms with Gasteiger partial charge in [0.05, 0.1) is 0 Å². The fourth-order valence-electron chi connectivity index (χ4n) is 1.71. The number of hydrogen-bond donors (Lipinski definition) is 2. The monoisotopic (exact) mass is 259 g/mol. The first-order valence-electron chi connectivity index (χ1n) is 6.17. The molecule has 106 valence electrons. The number of ether oxygens (including phenoxy) is 1. The first-order valence-corrected chi connectivity index (χ1v) is 6.17. The summed E-state index contributed by atoms with van der Waals surface area (Å²) >= 11 is 0. The Morgan fingerprint density at radius 2 is 2.06 bits per heavy atom. The SMILES string of the molecule is COCC(C)CC(=O)N(CCC(N)=NO)C(C)C. The summed E-state index contributed by atoms with van der Waals surface area (Å²) in [7, 11) is 1.62. The van der Waals surface area contributed by atoms with Gasteiger partial charge in [-0.2, -0.15) is 0 Å². The van der Waals surface area contributed by atoms with E-state index in [0.29, 0.717) is 26.0 Å². The lowest BCUT2D eigenvalue weighted by Crippen LogP contribution is -2.40. The van der Waals surface area contributed by atoms with Crippen molar-refractivity contribution in [1.29, 1.82) is 0 Å². The number of nitrogens with zero attached hydrogens (tertiary/aromatic N) is 2. The third-order valence-corrected chi connectivity index (χ3v) is 2.66. The second-order valence-corrected chi connectivity index (χ2v) is 4.79. The lowest BCUT2D eigenvalue weighted by atomic mass is 10.1. The zero-order valence-corrected chi connectivity index (χ0v) is 11.7. The molecule has 0 heterocycles. The molecule has 1 amide bonds. The van der Waals surface area contributed by atoms with Gasteiger partial charge in [0.2, 0.25) is 5.91 Å². The molecule has 0 fully saturated rings. The normalized spacial score (nSPS) is 13.7. The summed E-state index contributed by atoms with van der Waals surface area (Å²) in [6, 6.07) is 0.0961. The number of hydrogen-bond acceptors (Lipinski definition) is 4. The summed E-state index contributed by atoms with van der Waals surface area (Å²) in [4.78, 5) is 13.8. The summed E-state index contributed by atoms with van der Waals surface area (Å²) in [6.07, 6.45) is 0.821. The lowest BCUT2D eigenvalue weighted by Gasteiger charge is -2.27. The smallest absolute Gasteiger partial charge is 0.223 e. The van der Waals surface area contributed by atoms with E-state index < -0.39 is 0 Å². The maximum atomic E-state index is 12.1. The molecule has 0 aromatic rings. The van der Waals surface area contributed by atoms with Crippen LogP contribution in [0, 0.1) is 5.92 Å². The average molecular weight is 259 g/mol. The predicted octanol–water partition coefficient (Wildman–Crippen LogP) is 1.03. The highest BCUT2D eigenvalue weighted by molar-refractivity contribution is 5.81. The van der Waals surface area contributed by atoms with E-state index in [0.717, 1.165) is 0 Å². The molecule has 0 radical (unpaired) electrons. The van der Waals surface area contributed by atoms with E-state index >= 15 is 0 Å². The van der Waals surface area contributed by atoms with Crippen molar-refractivity contribution in [3.05, 3.63) is 0 Å². The van der Waals surface area contributed by atoms with E-state index in [1.54, 1.807) is 12.0 Å². The number of methoxy groups -OCH3 is 1. The third kappa shape index (κ3) is 6.44. The van der Waals surface area contributed by atoms with Crippen LogP contribution in [0.2, 0.25) is 0 Å². The Kier molecular flexibility index (Phi) is 8.11. The Bertz CT molecular complexity index is 280. The summed E-state index contributed by atoms with van der Waals surface area (Å²) in [5.74, 6) is 0.395. The van der Waals surface area contributed by atoms with Crippen LogP contribution in [0.5, 0.6) is 0 Å². The summed E-state index contributed by atoms with van der Waals surface area (Å²) in [6.45, 7) is 6.91. The van der Waals surface area contributed by atoms with Crippen LogP contribution in [0.1, 0.15) is 33.6 Å². The Balaban J connectivity index is 4.36. The molecule has 0 aliphatic heterocycles. The molecular weight excluding hydrogens is 234 g/mol. The molecule has 0 aliphatic rings. The van der Waals surface area contributed by atoms with Crippen LogP contribution < -0.4 is 5.73 Å². The van der Waals surface area contributed by atoms with E-state index in [-0.39, 0.29) is 23.7 Å². The molecule has 0 saturated carbocycles. The third-order valence-electron chi connectivity index (χ3n) is 2.66. The van der Waals surface area contributed by atoms with Crippen LogP contribution in [0.15, 0.2) is 5.16 Å². The Morgan fingerprint density at radius 1 is 1.44 bits per heavy atom. The van der Waals surface area contributed by atoms with Crippen molar-refractivity contribution in [1.82, 2.24) is 4.90 Å². The molecule has 3 N–H and O–H groups in total. The van der Waals surface area contributed by atoms with Gasteiger partial charge in [0.1, 0.15) is 5.84 Å². The van der Waals surface area contributed by atoms with Gasteiger partial charge in [-0.3, -0.25) is 4.79 Å². The van der Waals surface area contributed by atoms with E-state index in [9.17, 15) is 4.79 Å². The number of nitrogens with two attached hydrogens (primary N) is 1. The van der Waals surface area contributed by atoms with Crippen molar-refractivity contribution in [3.63, 3.8) is 0 Å². The molecule has 0 aromatic heterocycles. The van der Waals surface area contributed by atoms with Crippen LogP contribution in [-0.4, -0.2) is 48.2 Å². The molecule has 0 bridgehead atoms. The van der Waals surface area contributed by atoms with Crippen molar-refractivity contribution in [2.24, 2.45) is 16.8 Å². The highest BCUT2D eigenvalue weighted by Gasteiger charge is 2.19. The average Bonchev–Trinajstić information content (AvgIpc) is 2.28. The topological polar surface area (TPSA) is 88.2 Å². The minimum atomic E-state index is 0.0697. The minimum Gasteiger partial charge on any atom is -0.409 e. The fourth-order valence-corrected chi connectivity index (χ4v) is 1.71. The molecule has 1 unspecified atom stereocenters. The van der Waals surface area contributed by atoms with Gasteiger partial charge >= 0.3 is 0 Å². The zero-order chi connectivity index (χ0) is 14.1. The van der Waals surface area contributed by atoms with Gasteiger partial charge in [0.15, 0.2) is 0 Å². The number of oxime groups is 1. The largest absolute Gasteiger partial charge is 0.409 e. The van der Waals surface area contributed by atoms with E-state index in [1.165, 1.54) is 0 Å². The number of amides is 1. The lowest BCUT2D eigenvalue weighted by molar-refractivity contribution is -0.134. The fraction of sp³-hybridized carbons (Fsp3) is 0.833. The van der Waals surface area contributed by atoms with Gasteiger partial charge in [-0.1, -0.05) is 12.1 Å². The maximum absolute atomic E-state index is 12.1. The minimum absolute atomic E-state index is 0.0697. The molecule has 6 nitrogen and oxygen atoms in total. The van der Waals surface area contributed by atoms with Gasteiger partial charge < -0.3 is 20.6 Å². The van der Waals surface area contributed by atoms with E-state index in [1.807, 2.05) is 20.8 Å². The van der Waals surface area contributed by atoms with Crippen molar-refractivity contribution >= 4 is 11.7 Å². The van der Waals surface area contributed by atoms with Crippen LogP contribution >= 0.6 is 0 Å². The van der Waals surface area contributed by atoms with Crippen molar-refractivity contribution in [2.45, 2.75) is 39.7 Å². The van der Waals surface area contributed by atoms with Crippen molar-refractivity contribution in [2.75, 3.05) is 20.3 Å². The van der Waals surface area contributed by atoms with Gasteiger partial charge in [0, 0.05) is 39.1 Å². The summed E-state index contributed by atoms with van der Waals surface area (Å²) in [5, 5.41) is 11.4. The van der Waals surface area contributed by atoms with Gasteiger partial charge in [-0.25, -0.2) is 0 Å². The van der Waals surface area contributed by atoms with Crippen molar-refractivity contribution in [3.8, 4) is 0 Å². The second-order valence-electron chi connectivity index (χ2n) is 4.79. The maximum Gasteiger partial charge on any atom is 0.223 e. The van der Waals surface area contributed by atoms with Gasteiger partial charge in [-0.05, 0) is 19.8 Å². The summed E-state index contributed by atoms with van der Waals surface area (Å²) < 4.78 is 5.02. The van der Waals surface area contributed by atoms with Crippen LogP contribution in [0.4, 0.5) is 0 Å². The molecule has 0 aromatic carbocycles. The second kappa shape index (κ2) is 8.74. The number of amidine groups is 1. The molecule has 0 saturated heterocycles. The molecule has 18 heavy (non-hydrogen) atoms. The van der Waals surface area contributed by atoms with Gasteiger partial charge in [-0.15, -0.1) is 0 Å². The number of carbonyl (C=O) groups excluding carboxylic acids is 1. The highest BCUT2D eigenvalue weighted by atomic mass is 16.5. The first-order chi connectivity index (χ1) is 8.42. The van der Waals surface area contributed by atoms with Crippen LogP contribution in [0.3, 0.4) is 0 Å². The Labute approximate surface area is 109 Å². The Hall–Kier alpha value is -1.30. The molecule has 0 spiro atoms. The van der Waals surface area contributed by atoms with Crippen molar-refractivity contribution < 1.29 is 14.7 Å². The van der Waals surface area contributed by atoms with Gasteiger partial charge in [0.25, 0.3) is 0 Å². The zero-order valence-electron chi connectivity index (χ0n) is 11.7. The van der Waals surface area contributed by atoms with Crippen LogP contribution in [-0.2, 0) is 9.53 Å². The molecule has 1 atom stereocenters. The first kappa shape index (κ1) is 16.7. The molecule has 0 rings (SSSR count). The standard InChI is InChI=1S/C12H25N3O3/c1-9(2)15(6-5-11(13)14-17)12(16)7-10(3)8-18-4/h9-10,17H,5-8H2,1-4H3,(H2,13,14). The van der Waals surface area contributed by atoms with E-state index in [2.05, 4.69) is 5.16 Å². The number of rotatable bonds is 8. The summed E-state index contributed by atoms with van der Waals surface area (Å²) in [5.41, 5.74) is 5.41. The molecule has 0 aliphatic carbocycles. The molecular formula is C12H25N3O3.